The highest BCUT2D eigenvalue weighted by atomic mass is 19.1. The number of fused-ring (bicyclic) bond motifs is 1. The Morgan fingerprint density at radius 1 is 1.29 bits per heavy atom. The summed E-state index contributed by atoms with van der Waals surface area (Å²) in [6.45, 7) is 3.22. The first-order chi connectivity index (χ1) is 13.7. The number of pyridine rings is 1. The molecular formula is C22H24FN3O2. The lowest BCUT2D eigenvalue weighted by Crippen LogP contribution is -2.45. The van der Waals surface area contributed by atoms with Crippen LogP contribution < -0.4 is 4.74 Å². The van der Waals surface area contributed by atoms with Gasteiger partial charge in [0.1, 0.15) is 0 Å². The summed E-state index contributed by atoms with van der Waals surface area (Å²) in [5, 5.41) is 0. The molecule has 0 radical (unpaired) electrons. The molecule has 1 aromatic carbocycles. The number of piperidine rings is 1. The van der Waals surface area contributed by atoms with Gasteiger partial charge in [-0.05, 0) is 49.6 Å². The minimum Gasteiger partial charge on any atom is -0.478 e. The van der Waals surface area contributed by atoms with E-state index >= 15 is 0 Å². The summed E-state index contributed by atoms with van der Waals surface area (Å²) in [5.41, 5.74) is 3.19. The van der Waals surface area contributed by atoms with Crippen LogP contribution >= 0.6 is 0 Å². The van der Waals surface area contributed by atoms with Crippen LogP contribution in [0.4, 0.5) is 4.39 Å². The zero-order valence-electron chi connectivity index (χ0n) is 15.9. The highest BCUT2D eigenvalue weighted by Crippen LogP contribution is 2.30. The van der Waals surface area contributed by atoms with Crippen molar-refractivity contribution in [3.63, 3.8) is 0 Å². The van der Waals surface area contributed by atoms with E-state index in [9.17, 15) is 9.18 Å². The van der Waals surface area contributed by atoms with Gasteiger partial charge in [-0.1, -0.05) is 19.1 Å². The third-order valence-electron chi connectivity index (χ3n) is 5.41. The molecule has 3 heterocycles. The molecule has 1 N–H and O–H groups in total. The van der Waals surface area contributed by atoms with E-state index in [1.807, 2.05) is 24.0 Å². The lowest BCUT2D eigenvalue weighted by atomic mass is 9.93. The number of aromatic amines is 1. The van der Waals surface area contributed by atoms with E-state index in [1.165, 1.54) is 11.8 Å². The Morgan fingerprint density at radius 2 is 2.07 bits per heavy atom. The standard InChI is InChI=1S/C22H24FN3O2/c1-2-20(28-21-8-4-3-6-16(21)23)22(27)26-12-9-15(10-13-26)18-14-19-17(25-18)7-5-11-24-19/h3-8,11,14-15,20,25H,2,9-10,12-13H2,1H3. The van der Waals surface area contributed by atoms with E-state index in [2.05, 4.69) is 16.0 Å². The van der Waals surface area contributed by atoms with E-state index in [0.29, 0.717) is 25.4 Å². The van der Waals surface area contributed by atoms with Crippen molar-refractivity contribution < 1.29 is 13.9 Å². The maximum atomic E-state index is 13.9. The number of ether oxygens (including phenoxy) is 1. The van der Waals surface area contributed by atoms with Crippen molar-refractivity contribution in [1.29, 1.82) is 0 Å². The van der Waals surface area contributed by atoms with E-state index < -0.39 is 11.9 Å². The van der Waals surface area contributed by atoms with Crippen LogP contribution in [0.1, 0.15) is 37.8 Å². The largest absolute Gasteiger partial charge is 0.478 e. The molecule has 0 aliphatic carbocycles. The number of nitrogens with one attached hydrogen (secondary N) is 1. The second kappa shape index (κ2) is 8.00. The summed E-state index contributed by atoms with van der Waals surface area (Å²) in [6.07, 6.45) is 3.40. The summed E-state index contributed by atoms with van der Waals surface area (Å²) in [4.78, 5) is 22.6. The van der Waals surface area contributed by atoms with E-state index in [4.69, 9.17) is 4.74 Å². The van der Waals surface area contributed by atoms with Crippen LogP contribution in [0.3, 0.4) is 0 Å². The molecule has 6 heteroatoms. The number of carbonyl (C=O) groups is 1. The van der Waals surface area contributed by atoms with Gasteiger partial charge < -0.3 is 14.6 Å². The molecule has 0 spiro atoms. The number of rotatable bonds is 5. The van der Waals surface area contributed by atoms with Crippen LogP contribution in [-0.4, -0.2) is 40.0 Å². The topological polar surface area (TPSA) is 58.2 Å². The number of carbonyl (C=O) groups excluding carboxylic acids is 1. The van der Waals surface area contributed by atoms with Crippen molar-refractivity contribution in [3.05, 3.63) is 60.2 Å². The first-order valence-corrected chi connectivity index (χ1v) is 9.79. The van der Waals surface area contributed by atoms with Gasteiger partial charge in [0.15, 0.2) is 17.7 Å². The number of halogens is 1. The number of likely N-dealkylation sites (tertiary alicyclic amines) is 1. The van der Waals surface area contributed by atoms with Gasteiger partial charge in [-0.3, -0.25) is 9.78 Å². The van der Waals surface area contributed by atoms with Crippen LogP contribution in [0.2, 0.25) is 0 Å². The molecule has 1 amide bonds. The fraction of sp³-hybridized carbons (Fsp3) is 0.364. The number of benzene rings is 1. The fourth-order valence-corrected chi connectivity index (χ4v) is 3.81. The molecule has 0 saturated carbocycles. The molecule has 0 bridgehead atoms. The molecule has 2 aromatic heterocycles. The second-order valence-electron chi connectivity index (χ2n) is 7.21. The van der Waals surface area contributed by atoms with E-state index in [1.54, 1.807) is 24.4 Å². The average molecular weight is 381 g/mol. The lowest BCUT2D eigenvalue weighted by Gasteiger charge is -2.33. The molecule has 3 aromatic rings. The number of aromatic nitrogens is 2. The SMILES string of the molecule is CCC(Oc1ccccc1F)C(=O)N1CCC(c2cc3ncccc3[nH]2)CC1. The Kier molecular flexibility index (Phi) is 5.28. The van der Waals surface area contributed by atoms with Gasteiger partial charge in [0.25, 0.3) is 5.91 Å². The maximum absolute atomic E-state index is 13.9. The van der Waals surface area contributed by atoms with E-state index in [0.717, 1.165) is 23.9 Å². The van der Waals surface area contributed by atoms with Crippen molar-refractivity contribution in [3.8, 4) is 5.75 Å². The van der Waals surface area contributed by atoms with Crippen molar-refractivity contribution >= 4 is 16.9 Å². The second-order valence-corrected chi connectivity index (χ2v) is 7.21. The highest BCUT2D eigenvalue weighted by Gasteiger charge is 2.30. The molecule has 1 aliphatic rings. The third-order valence-corrected chi connectivity index (χ3v) is 5.41. The minimum absolute atomic E-state index is 0.0671. The Hall–Kier alpha value is -2.89. The van der Waals surface area contributed by atoms with Gasteiger partial charge in [0, 0.05) is 30.9 Å². The Bertz CT molecular complexity index is 930. The summed E-state index contributed by atoms with van der Waals surface area (Å²) >= 11 is 0. The molecule has 1 fully saturated rings. The molecule has 1 atom stereocenters. The molecular weight excluding hydrogens is 357 g/mol. The average Bonchev–Trinajstić information content (AvgIpc) is 3.17. The van der Waals surface area contributed by atoms with Crippen molar-refractivity contribution in [2.24, 2.45) is 0 Å². The molecule has 1 unspecified atom stereocenters. The Balaban J connectivity index is 1.39. The number of hydrogen-bond acceptors (Lipinski definition) is 3. The predicted molar refractivity (Wildman–Crippen MR) is 106 cm³/mol. The number of H-pyrrole nitrogens is 1. The van der Waals surface area contributed by atoms with E-state index in [-0.39, 0.29) is 11.7 Å². The number of hydrogen-bond donors (Lipinski definition) is 1. The van der Waals surface area contributed by atoms with Crippen LogP contribution in [-0.2, 0) is 4.79 Å². The molecule has 28 heavy (non-hydrogen) atoms. The van der Waals surface area contributed by atoms with Crippen LogP contribution in [0.15, 0.2) is 48.7 Å². The first kappa shape index (κ1) is 18.5. The van der Waals surface area contributed by atoms with Crippen LogP contribution in [0, 0.1) is 5.82 Å². The van der Waals surface area contributed by atoms with Crippen LogP contribution in [0.25, 0.3) is 11.0 Å². The highest BCUT2D eigenvalue weighted by molar-refractivity contribution is 5.81. The zero-order chi connectivity index (χ0) is 19.5. The molecule has 5 nitrogen and oxygen atoms in total. The van der Waals surface area contributed by atoms with Gasteiger partial charge in [-0.15, -0.1) is 0 Å². The van der Waals surface area contributed by atoms with Crippen molar-refractivity contribution in [2.45, 2.75) is 38.2 Å². The Morgan fingerprint density at radius 3 is 2.79 bits per heavy atom. The van der Waals surface area contributed by atoms with Gasteiger partial charge in [0.2, 0.25) is 0 Å². The summed E-state index contributed by atoms with van der Waals surface area (Å²) in [6, 6.07) is 12.3. The first-order valence-electron chi connectivity index (χ1n) is 9.79. The van der Waals surface area contributed by atoms with Gasteiger partial charge >= 0.3 is 0 Å². The maximum Gasteiger partial charge on any atom is 0.263 e. The van der Waals surface area contributed by atoms with Gasteiger partial charge in [0.05, 0.1) is 11.0 Å². The van der Waals surface area contributed by atoms with Gasteiger partial charge in [-0.25, -0.2) is 4.39 Å². The molecule has 4 rings (SSSR count). The predicted octanol–water partition coefficient (Wildman–Crippen LogP) is 4.27. The smallest absolute Gasteiger partial charge is 0.263 e. The van der Waals surface area contributed by atoms with Crippen molar-refractivity contribution in [1.82, 2.24) is 14.9 Å². The Labute approximate surface area is 163 Å². The van der Waals surface area contributed by atoms with Crippen LogP contribution in [0.5, 0.6) is 5.75 Å². The number of amides is 1. The monoisotopic (exact) mass is 381 g/mol. The van der Waals surface area contributed by atoms with Gasteiger partial charge in [-0.2, -0.15) is 0 Å². The van der Waals surface area contributed by atoms with Crippen molar-refractivity contribution in [2.75, 3.05) is 13.1 Å². The quantitative estimate of drug-likeness (QED) is 0.718. The molecule has 1 saturated heterocycles. The number of nitrogens with zero attached hydrogens (tertiary/aromatic N) is 2. The zero-order valence-corrected chi connectivity index (χ0v) is 15.9. The third kappa shape index (κ3) is 3.72. The lowest BCUT2D eigenvalue weighted by molar-refractivity contribution is -0.140. The number of para-hydroxylation sites is 1. The summed E-state index contributed by atoms with van der Waals surface area (Å²) < 4.78 is 19.5. The normalized spacial score (nSPS) is 16.3. The molecule has 146 valence electrons. The minimum atomic E-state index is -0.661. The molecule has 1 aliphatic heterocycles. The summed E-state index contributed by atoms with van der Waals surface area (Å²) in [5.74, 6) is -0.00336. The fourth-order valence-electron chi connectivity index (χ4n) is 3.81. The summed E-state index contributed by atoms with van der Waals surface area (Å²) in [7, 11) is 0.